The van der Waals surface area contributed by atoms with Crippen molar-refractivity contribution in [2.75, 3.05) is 33.3 Å². The minimum absolute atomic E-state index is 0.145. The second-order valence-electron chi connectivity index (χ2n) is 5.24. The van der Waals surface area contributed by atoms with Gasteiger partial charge in [-0.15, -0.1) is 0 Å². The third-order valence-electron chi connectivity index (χ3n) is 3.85. The molecule has 0 amide bonds. The maximum absolute atomic E-state index is 5.84. The molecule has 1 N–H and O–H groups in total. The van der Waals surface area contributed by atoms with Crippen molar-refractivity contribution < 1.29 is 4.74 Å². The zero-order valence-electron chi connectivity index (χ0n) is 10.1. The molecule has 2 fully saturated rings. The Labute approximate surface area is 93.2 Å². The van der Waals surface area contributed by atoms with E-state index in [-0.39, 0.29) is 5.60 Å². The van der Waals surface area contributed by atoms with Crippen LogP contribution >= 0.6 is 0 Å². The molecule has 0 radical (unpaired) electrons. The second kappa shape index (κ2) is 4.81. The lowest BCUT2D eigenvalue weighted by Crippen LogP contribution is -2.47. The predicted molar refractivity (Wildman–Crippen MR) is 62.1 cm³/mol. The van der Waals surface area contributed by atoms with Crippen molar-refractivity contribution in [1.29, 1.82) is 0 Å². The van der Waals surface area contributed by atoms with Crippen LogP contribution < -0.4 is 5.32 Å². The molecule has 15 heavy (non-hydrogen) atoms. The van der Waals surface area contributed by atoms with Gasteiger partial charge in [-0.3, -0.25) is 0 Å². The fourth-order valence-electron chi connectivity index (χ4n) is 2.81. The molecule has 1 atom stereocenters. The standard InChI is InChI=1S/C12H24N2O/c1-12(6-3-9-15-12)10-14-7-4-11(13-2)5-8-14/h11,13H,3-10H2,1-2H3. The van der Waals surface area contributed by atoms with Crippen molar-refractivity contribution >= 4 is 0 Å². The van der Waals surface area contributed by atoms with E-state index in [2.05, 4.69) is 24.2 Å². The average molecular weight is 212 g/mol. The Morgan fingerprint density at radius 1 is 1.40 bits per heavy atom. The van der Waals surface area contributed by atoms with Crippen molar-refractivity contribution in [3.05, 3.63) is 0 Å². The van der Waals surface area contributed by atoms with E-state index in [4.69, 9.17) is 4.74 Å². The van der Waals surface area contributed by atoms with E-state index in [0.29, 0.717) is 0 Å². The lowest BCUT2D eigenvalue weighted by molar-refractivity contribution is -0.0141. The summed E-state index contributed by atoms with van der Waals surface area (Å²) in [5.74, 6) is 0. The number of nitrogens with one attached hydrogen (secondary N) is 1. The fraction of sp³-hybridized carbons (Fsp3) is 1.00. The quantitative estimate of drug-likeness (QED) is 0.762. The molecule has 1 unspecified atom stereocenters. The molecule has 0 aromatic carbocycles. The largest absolute Gasteiger partial charge is 0.374 e. The highest BCUT2D eigenvalue weighted by atomic mass is 16.5. The maximum atomic E-state index is 5.84. The van der Waals surface area contributed by atoms with Gasteiger partial charge in [0.05, 0.1) is 5.60 Å². The second-order valence-corrected chi connectivity index (χ2v) is 5.24. The molecule has 2 rings (SSSR count). The molecule has 2 aliphatic heterocycles. The van der Waals surface area contributed by atoms with Gasteiger partial charge in [-0.2, -0.15) is 0 Å². The first-order valence-electron chi connectivity index (χ1n) is 6.25. The van der Waals surface area contributed by atoms with Gasteiger partial charge < -0.3 is 15.0 Å². The number of hydrogen-bond acceptors (Lipinski definition) is 3. The summed E-state index contributed by atoms with van der Waals surface area (Å²) in [6.07, 6.45) is 5.04. The molecule has 0 aromatic rings. The number of rotatable bonds is 3. The summed E-state index contributed by atoms with van der Waals surface area (Å²) < 4.78 is 5.84. The van der Waals surface area contributed by atoms with E-state index >= 15 is 0 Å². The summed E-state index contributed by atoms with van der Waals surface area (Å²) in [6.45, 7) is 6.81. The Bertz CT molecular complexity index is 194. The van der Waals surface area contributed by atoms with E-state index in [1.54, 1.807) is 0 Å². The Hall–Kier alpha value is -0.120. The van der Waals surface area contributed by atoms with E-state index in [1.807, 2.05) is 0 Å². The highest BCUT2D eigenvalue weighted by Gasteiger charge is 2.32. The van der Waals surface area contributed by atoms with Gasteiger partial charge in [-0.05, 0) is 52.7 Å². The van der Waals surface area contributed by atoms with Crippen LogP contribution in [0.25, 0.3) is 0 Å². The summed E-state index contributed by atoms with van der Waals surface area (Å²) in [7, 11) is 2.07. The van der Waals surface area contributed by atoms with Gasteiger partial charge in [-0.1, -0.05) is 0 Å². The fourth-order valence-corrected chi connectivity index (χ4v) is 2.81. The van der Waals surface area contributed by atoms with Crippen LogP contribution in [0.5, 0.6) is 0 Å². The Balaban J connectivity index is 1.76. The van der Waals surface area contributed by atoms with E-state index in [1.165, 1.54) is 38.8 Å². The highest BCUT2D eigenvalue weighted by molar-refractivity contribution is 4.86. The first-order chi connectivity index (χ1) is 7.22. The van der Waals surface area contributed by atoms with Crippen molar-refractivity contribution in [3.8, 4) is 0 Å². The van der Waals surface area contributed by atoms with Gasteiger partial charge in [-0.25, -0.2) is 0 Å². The average Bonchev–Trinajstić information content (AvgIpc) is 2.66. The monoisotopic (exact) mass is 212 g/mol. The van der Waals surface area contributed by atoms with E-state index in [0.717, 1.165) is 19.2 Å². The third-order valence-corrected chi connectivity index (χ3v) is 3.85. The van der Waals surface area contributed by atoms with Gasteiger partial charge in [0.25, 0.3) is 0 Å². The minimum Gasteiger partial charge on any atom is -0.374 e. The van der Waals surface area contributed by atoms with Crippen LogP contribution in [0.2, 0.25) is 0 Å². The molecule has 2 aliphatic rings. The topological polar surface area (TPSA) is 24.5 Å². The maximum Gasteiger partial charge on any atom is 0.0781 e. The molecule has 0 aliphatic carbocycles. The molecule has 88 valence electrons. The van der Waals surface area contributed by atoms with Crippen molar-refractivity contribution in [1.82, 2.24) is 10.2 Å². The zero-order valence-corrected chi connectivity index (χ0v) is 10.1. The molecular formula is C12H24N2O. The Morgan fingerprint density at radius 3 is 2.67 bits per heavy atom. The van der Waals surface area contributed by atoms with E-state index < -0.39 is 0 Å². The van der Waals surface area contributed by atoms with Crippen molar-refractivity contribution in [2.24, 2.45) is 0 Å². The molecule has 0 saturated carbocycles. The van der Waals surface area contributed by atoms with Gasteiger partial charge in [0.15, 0.2) is 0 Å². The van der Waals surface area contributed by atoms with Crippen LogP contribution in [0, 0.1) is 0 Å². The number of likely N-dealkylation sites (tertiary alicyclic amines) is 1. The highest BCUT2D eigenvalue weighted by Crippen LogP contribution is 2.27. The van der Waals surface area contributed by atoms with Crippen LogP contribution in [0.4, 0.5) is 0 Å². The van der Waals surface area contributed by atoms with E-state index in [9.17, 15) is 0 Å². The van der Waals surface area contributed by atoms with Crippen LogP contribution in [0.15, 0.2) is 0 Å². The molecular weight excluding hydrogens is 188 g/mol. The molecule has 3 nitrogen and oxygen atoms in total. The lowest BCUT2D eigenvalue weighted by atomic mass is 9.99. The summed E-state index contributed by atoms with van der Waals surface area (Å²) in [4.78, 5) is 2.57. The third kappa shape index (κ3) is 2.92. The summed E-state index contributed by atoms with van der Waals surface area (Å²) >= 11 is 0. The smallest absolute Gasteiger partial charge is 0.0781 e. The van der Waals surface area contributed by atoms with Crippen LogP contribution in [-0.2, 0) is 4.74 Å². The van der Waals surface area contributed by atoms with Gasteiger partial charge >= 0.3 is 0 Å². The van der Waals surface area contributed by atoms with Crippen molar-refractivity contribution in [3.63, 3.8) is 0 Å². The van der Waals surface area contributed by atoms with Gasteiger partial charge in [0.1, 0.15) is 0 Å². The zero-order chi connectivity index (χ0) is 10.7. The van der Waals surface area contributed by atoms with Gasteiger partial charge in [0.2, 0.25) is 0 Å². The number of ether oxygens (including phenoxy) is 1. The Kier molecular flexibility index (Phi) is 3.65. The molecule has 0 bridgehead atoms. The molecule has 0 spiro atoms. The molecule has 2 saturated heterocycles. The van der Waals surface area contributed by atoms with Crippen LogP contribution in [0.1, 0.15) is 32.6 Å². The minimum atomic E-state index is 0.145. The molecule has 3 heteroatoms. The normalized spacial score (nSPS) is 34.8. The first-order valence-corrected chi connectivity index (χ1v) is 6.25. The van der Waals surface area contributed by atoms with Crippen molar-refractivity contribution in [2.45, 2.75) is 44.2 Å². The predicted octanol–water partition coefficient (Wildman–Crippen LogP) is 1.24. The number of piperidine rings is 1. The summed E-state index contributed by atoms with van der Waals surface area (Å²) in [6, 6.07) is 0.735. The van der Waals surface area contributed by atoms with Crippen LogP contribution in [-0.4, -0.2) is 49.8 Å². The first kappa shape index (κ1) is 11.4. The SMILES string of the molecule is CNC1CCN(CC2(C)CCCO2)CC1. The Morgan fingerprint density at radius 2 is 2.13 bits per heavy atom. The number of hydrogen-bond donors (Lipinski definition) is 1. The molecule has 0 aromatic heterocycles. The summed E-state index contributed by atoms with van der Waals surface area (Å²) in [5, 5.41) is 3.37. The van der Waals surface area contributed by atoms with Crippen LogP contribution in [0.3, 0.4) is 0 Å². The van der Waals surface area contributed by atoms with Gasteiger partial charge in [0, 0.05) is 19.2 Å². The number of nitrogens with zero attached hydrogens (tertiary/aromatic N) is 1. The lowest BCUT2D eigenvalue weighted by Gasteiger charge is -2.36. The molecule has 2 heterocycles. The summed E-state index contributed by atoms with van der Waals surface area (Å²) in [5.41, 5.74) is 0.145.